The summed E-state index contributed by atoms with van der Waals surface area (Å²) in [6.07, 6.45) is -0.275. The van der Waals surface area contributed by atoms with Gasteiger partial charge in [-0.15, -0.1) is 11.3 Å². The van der Waals surface area contributed by atoms with E-state index in [1.165, 1.54) is 11.3 Å². The Bertz CT molecular complexity index is 482. The lowest BCUT2D eigenvalue weighted by molar-refractivity contribution is -0.120. The van der Waals surface area contributed by atoms with E-state index in [1.54, 1.807) is 0 Å². The van der Waals surface area contributed by atoms with Crippen molar-refractivity contribution < 1.29 is 9.90 Å². The third kappa shape index (κ3) is 3.68. The van der Waals surface area contributed by atoms with Crippen LogP contribution >= 0.6 is 11.3 Å². The van der Waals surface area contributed by atoms with Crippen molar-refractivity contribution in [3.05, 3.63) is 58.3 Å². The molecule has 1 heterocycles. The van der Waals surface area contributed by atoms with Gasteiger partial charge in [-0.05, 0) is 17.0 Å². The van der Waals surface area contributed by atoms with Crippen LogP contribution in [0.1, 0.15) is 16.5 Å². The monoisotopic (exact) mass is 261 g/mol. The molecule has 0 spiro atoms. The molecule has 2 N–H and O–H groups in total. The summed E-state index contributed by atoms with van der Waals surface area (Å²) < 4.78 is 0. The van der Waals surface area contributed by atoms with Crippen molar-refractivity contribution in [1.82, 2.24) is 5.32 Å². The van der Waals surface area contributed by atoms with Crippen LogP contribution in [-0.2, 0) is 11.2 Å². The van der Waals surface area contributed by atoms with Crippen molar-refractivity contribution >= 4 is 17.2 Å². The molecule has 0 bridgehead atoms. The number of benzene rings is 1. The summed E-state index contributed by atoms with van der Waals surface area (Å²) in [4.78, 5) is 12.5. The lowest BCUT2D eigenvalue weighted by Crippen LogP contribution is -2.29. The Morgan fingerprint density at radius 1 is 1.22 bits per heavy atom. The summed E-state index contributed by atoms with van der Waals surface area (Å²) in [5.74, 6) is -0.0724. The Labute approximate surface area is 110 Å². The average molecular weight is 261 g/mol. The fourth-order valence-corrected chi connectivity index (χ4v) is 2.35. The first-order valence-corrected chi connectivity index (χ1v) is 6.66. The minimum atomic E-state index is -0.621. The second kappa shape index (κ2) is 6.33. The van der Waals surface area contributed by atoms with Gasteiger partial charge in [0.25, 0.3) is 0 Å². The van der Waals surface area contributed by atoms with Gasteiger partial charge in [0.1, 0.15) is 6.10 Å². The Morgan fingerprint density at radius 3 is 2.67 bits per heavy atom. The SMILES string of the molecule is O=C(Cc1ccccc1)NCC(O)c1cccs1. The van der Waals surface area contributed by atoms with Gasteiger partial charge in [0, 0.05) is 11.4 Å². The Balaban J connectivity index is 1.79. The molecule has 1 unspecified atom stereocenters. The number of hydrogen-bond acceptors (Lipinski definition) is 3. The highest BCUT2D eigenvalue weighted by Crippen LogP contribution is 2.17. The zero-order valence-electron chi connectivity index (χ0n) is 9.87. The Morgan fingerprint density at radius 2 is 2.00 bits per heavy atom. The van der Waals surface area contributed by atoms with E-state index in [4.69, 9.17) is 0 Å². The van der Waals surface area contributed by atoms with E-state index in [2.05, 4.69) is 5.32 Å². The molecule has 0 aliphatic rings. The van der Waals surface area contributed by atoms with Crippen molar-refractivity contribution in [3.8, 4) is 0 Å². The zero-order chi connectivity index (χ0) is 12.8. The molecule has 1 amide bonds. The molecule has 94 valence electrons. The first kappa shape index (κ1) is 12.8. The molecule has 1 aromatic heterocycles. The van der Waals surface area contributed by atoms with Gasteiger partial charge in [-0.25, -0.2) is 0 Å². The third-order valence-electron chi connectivity index (χ3n) is 2.57. The molecule has 4 heteroatoms. The highest BCUT2D eigenvalue weighted by atomic mass is 32.1. The predicted octanol–water partition coefficient (Wildman–Crippen LogP) is 2.14. The lowest BCUT2D eigenvalue weighted by Gasteiger charge is -2.10. The number of nitrogens with one attached hydrogen (secondary N) is 1. The third-order valence-corrected chi connectivity index (χ3v) is 3.55. The molecule has 1 aromatic carbocycles. The largest absolute Gasteiger partial charge is 0.386 e. The molecule has 0 radical (unpaired) electrons. The second-order valence-corrected chi connectivity index (χ2v) is 4.98. The maximum Gasteiger partial charge on any atom is 0.224 e. The van der Waals surface area contributed by atoms with E-state index in [1.807, 2.05) is 47.8 Å². The number of carbonyl (C=O) groups is 1. The van der Waals surface area contributed by atoms with Gasteiger partial charge in [-0.1, -0.05) is 36.4 Å². The van der Waals surface area contributed by atoms with Crippen LogP contribution in [0.2, 0.25) is 0 Å². The number of hydrogen-bond donors (Lipinski definition) is 2. The highest BCUT2D eigenvalue weighted by Gasteiger charge is 2.10. The van der Waals surface area contributed by atoms with Crippen molar-refractivity contribution in [3.63, 3.8) is 0 Å². The van der Waals surface area contributed by atoms with Crippen molar-refractivity contribution in [2.24, 2.45) is 0 Å². The first-order valence-electron chi connectivity index (χ1n) is 5.78. The van der Waals surface area contributed by atoms with E-state index < -0.39 is 6.10 Å². The van der Waals surface area contributed by atoms with Crippen LogP contribution in [0, 0.1) is 0 Å². The summed E-state index contributed by atoms with van der Waals surface area (Å²) in [5, 5.41) is 14.5. The van der Waals surface area contributed by atoms with Gasteiger partial charge in [0.15, 0.2) is 0 Å². The predicted molar refractivity (Wildman–Crippen MR) is 72.4 cm³/mol. The smallest absolute Gasteiger partial charge is 0.224 e. The topological polar surface area (TPSA) is 49.3 Å². The molecule has 1 atom stereocenters. The van der Waals surface area contributed by atoms with Crippen LogP contribution < -0.4 is 5.32 Å². The molecule has 0 aliphatic carbocycles. The number of carbonyl (C=O) groups excluding carboxylic acids is 1. The number of amides is 1. The van der Waals surface area contributed by atoms with Crippen LogP contribution in [0.3, 0.4) is 0 Å². The Hall–Kier alpha value is -1.65. The summed E-state index contributed by atoms with van der Waals surface area (Å²) >= 11 is 1.49. The van der Waals surface area contributed by atoms with Gasteiger partial charge in [-0.2, -0.15) is 0 Å². The van der Waals surface area contributed by atoms with Gasteiger partial charge in [-0.3, -0.25) is 4.79 Å². The maximum atomic E-state index is 11.7. The molecule has 0 fully saturated rings. The maximum absolute atomic E-state index is 11.7. The van der Waals surface area contributed by atoms with E-state index in [0.717, 1.165) is 10.4 Å². The molecule has 0 saturated heterocycles. The molecular weight excluding hydrogens is 246 g/mol. The fourth-order valence-electron chi connectivity index (χ4n) is 1.64. The molecule has 18 heavy (non-hydrogen) atoms. The molecule has 2 rings (SSSR count). The number of rotatable bonds is 5. The second-order valence-electron chi connectivity index (χ2n) is 4.00. The summed E-state index contributed by atoms with van der Waals surface area (Å²) in [5.41, 5.74) is 0.973. The quantitative estimate of drug-likeness (QED) is 0.866. The number of aliphatic hydroxyl groups is 1. The Kier molecular flexibility index (Phi) is 4.50. The summed E-state index contributed by atoms with van der Waals surface area (Å²) in [6.45, 7) is 0.256. The van der Waals surface area contributed by atoms with Gasteiger partial charge in [0.2, 0.25) is 5.91 Å². The van der Waals surface area contributed by atoms with Crippen LogP contribution in [0.5, 0.6) is 0 Å². The van der Waals surface area contributed by atoms with E-state index >= 15 is 0 Å². The molecule has 2 aromatic rings. The van der Waals surface area contributed by atoms with Gasteiger partial charge < -0.3 is 10.4 Å². The fraction of sp³-hybridized carbons (Fsp3) is 0.214. The van der Waals surface area contributed by atoms with Crippen LogP contribution in [0.15, 0.2) is 47.8 Å². The highest BCUT2D eigenvalue weighted by molar-refractivity contribution is 7.10. The van der Waals surface area contributed by atoms with E-state index in [-0.39, 0.29) is 12.5 Å². The van der Waals surface area contributed by atoms with Gasteiger partial charge >= 0.3 is 0 Å². The van der Waals surface area contributed by atoms with Crippen LogP contribution in [-0.4, -0.2) is 17.6 Å². The standard InChI is InChI=1S/C14H15NO2S/c16-12(13-7-4-8-18-13)10-15-14(17)9-11-5-2-1-3-6-11/h1-8,12,16H,9-10H2,(H,15,17). The van der Waals surface area contributed by atoms with Crippen LogP contribution in [0.25, 0.3) is 0 Å². The van der Waals surface area contributed by atoms with Crippen molar-refractivity contribution in [2.45, 2.75) is 12.5 Å². The summed E-state index contributed by atoms with van der Waals surface area (Å²) in [6, 6.07) is 13.3. The zero-order valence-corrected chi connectivity index (χ0v) is 10.7. The minimum Gasteiger partial charge on any atom is -0.386 e. The minimum absolute atomic E-state index is 0.0724. The van der Waals surface area contributed by atoms with Crippen molar-refractivity contribution in [1.29, 1.82) is 0 Å². The van der Waals surface area contributed by atoms with Crippen molar-refractivity contribution in [2.75, 3.05) is 6.54 Å². The normalized spacial score (nSPS) is 12.1. The molecule has 0 aliphatic heterocycles. The van der Waals surface area contributed by atoms with Gasteiger partial charge in [0.05, 0.1) is 6.42 Å². The first-order chi connectivity index (χ1) is 8.75. The molecular formula is C14H15NO2S. The van der Waals surface area contributed by atoms with Crippen LogP contribution in [0.4, 0.5) is 0 Å². The number of aliphatic hydroxyl groups excluding tert-OH is 1. The van der Waals surface area contributed by atoms with E-state index in [0.29, 0.717) is 6.42 Å². The average Bonchev–Trinajstić information content (AvgIpc) is 2.91. The lowest BCUT2D eigenvalue weighted by atomic mass is 10.1. The summed E-state index contributed by atoms with van der Waals surface area (Å²) in [7, 11) is 0. The molecule has 3 nitrogen and oxygen atoms in total. The number of thiophene rings is 1. The molecule has 0 saturated carbocycles. The van der Waals surface area contributed by atoms with E-state index in [9.17, 15) is 9.90 Å².